The van der Waals surface area contributed by atoms with E-state index in [1.807, 2.05) is 24.3 Å². The van der Waals surface area contributed by atoms with Gasteiger partial charge in [-0.3, -0.25) is 0 Å². The summed E-state index contributed by atoms with van der Waals surface area (Å²) in [5.74, 6) is 1.50. The van der Waals surface area contributed by atoms with Gasteiger partial charge in [0.05, 0.1) is 6.61 Å². The van der Waals surface area contributed by atoms with Gasteiger partial charge in [-0.1, -0.05) is 30.3 Å². The van der Waals surface area contributed by atoms with Crippen molar-refractivity contribution >= 4 is 0 Å². The molecule has 0 N–H and O–H groups in total. The molecule has 2 aromatic rings. The van der Waals surface area contributed by atoms with E-state index in [4.69, 9.17) is 4.74 Å². The van der Waals surface area contributed by atoms with E-state index in [1.54, 1.807) is 12.1 Å². The first-order valence-electron chi connectivity index (χ1n) is 8.86. The number of halogens is 1. The second-order valence-corrected chi connectivity index (χ2v) is 6.74. The predicted molar refractivity (Wildman–Crippen MR) is 95.9 cm³/mol. The van der Waals surface area contributed by atoms with Crippen molar-refractivity contribution in [2.75, 3.05) is 26.2 Å². The third-order valence-electron chi connectivity index (χ3n) is 4.88. The van der Waals surface area contributed by atoms with Crippen LogP contribution in [0.5, 0.6) is 5.75 Å². The van der Waals surface area contributed by atoms with Crippen LogP contribution in [0.15, 0.2) is 48.5 Å². The largest absolute Gasteiger partial charge is 0.493 e. The minimum absolute atomic E-state index is 0.139. The van der Waals surface area contributed by atoms with Crippen molar-refractivity contribution in [3.8, 4) is 5.75 Å². The molecule has 0 spiro atoms. The molecule has 0 unspecified atom stereocenters. The van der Waals surface area contributed by atoms with E-state index in [0.717, 1.165) is 44.0 Å². The Balaban J connectivity index is 1.39. The average molecular weight is 327 g/mol. The summed E-state index contributed by atoms with van der Waals surface area (Å²) >= 11 is 0. The van der Waals surface area contributed by atoms with Crippen molar-refractivity contribution in [3.63, 3.8) is 0 Å². The van der Waals surface area contributed by atoms with Gasteiger partial charge in [0.15, 0.2) is 0 Å². The van der Waals surface area contributed by atoms with Gasteiger partial charge in [0.25, 0.3) is 0 Å². The molecule has 3 rings (SSSR count). The molecule has 0 aliphatic carbocycles. The Morgan fingerprint density at radius 1 is 1.08 bits per heavy atom. The molecule has 0 bridgehead atoms. The highest BCUT2D eigenvalue weighted by atomic mass is 19.1. The zero-order valence-corrected chi connectivity index (χ0v) is 14.4. The van der Waals surface area contributed by atoms with E-state index < -0.39 is 0 Å². The fourth-order valence-electron chi connectivity index (χ4n) is 3.28. The van der Waals surface area contributed by atoms with Gasteiger partial charge in [0, 0.05) is 6.54 Å². The zero-order chi connectivity index (χ0) is 16.8. The van der Waals surface area contributed by atoms with E-state index in [-0.39, 0.29) is 5.82 Å². The summed E-state index contributed by atoms with van der Waals surface area (Å²) in [5.41, 5.74) is 2.28. The molecular formula is C21H26FNO. The maximum atomic E-state index is 13.2. The lowest BCUT2D eigenvalue weighted by Gasteiger charge is -2.32. The summed E-state index contributed by atoms with van der Waals surface area (Å²) < 4.78 is 19.2. The highest BCUT2D eigenvalue weighted by Gasteiger charge is 2.19. The van der Waals surface area contributed by atoms with E-state index in [1.165, 1.54) is 24.5 Å². The van der Waals surface area contributed by atoms with Crippen LogP contribution in [0.1, 0.15) is 24.0 Å². The van der Waals surface area contributed by atoms with Gasteiger partial charge < -0.3 is 9.64 Å². The molecular weight excluding hydrogens is 301 g/mol. The van der Waals surface area contributed by atoms with Gasteiger partial charge in [-0.25, -0.2) is 4.39 Å². The summed E-state index contributed by atoms with van der Waals surface area (Å²) in [7, 11) is 0. The van der Waals surface area contributed by atoms with Crippen molar-refractivity contribution in [1.82, 2.24) is 4.90 Å². The molecule has 0 amide bonds. The second-order valence-electron chi connectivity index (χ2n) is 6.74. The van der Waals surface area contributed by atoms with Crippen molar-refractivity contribution in [2.24, 2.45) is 5.92 Å². The number of likely N-dealkylation sites (tertiary alicyclic amines) is 1. The molecule has 128 valence electrons. The van der Waals surface area contributed by atoms with Crippen LogP contribution in [0.4, 0.5) is 4.39 Å². The molecule has 24 heavy (non-hydrogen) atoms. The number of benzene rings is 2. The second kappa shape index (κ2) is 8.29. The molecule has 3 heteroatoms. The van der Waals surface area contributed by atoms with Gasteiger partial charge in [-0.2, -0.15) is 0 Å². The van der Waals surface area contributed by atoms with E-state index in [0.29, 0.717) is 5.92 Å². The van der Waals surface area contributed by atoms with Crippen LogP contribution in [0.25, 0.3) is 0 Å². The quantitative estimate of drug-likeness (QED) is 0.776. The number of hydrogen-bond donors (Lipinski definition) is 0. The Bertz CT molecular complexity index is 650. The normalized spacial score (nSPS) is 16.2. The van der Waals surface area contributed by atoms with Crippen LogP contribution < -0.4 is 4.74 Å². The van der Waals surface area contributed by atoms with Crippen LogP contribution in [-0.4, -0.2) is 31.1 Å². The number of piperidine rings is 1. The monoisotopic (exact) mass is 327 g/mol. The number of aryl methyl sites for hydroxylation is 1. The third-order valence-corrected chi connectivity index (χ3v) is 4.88. The molecule has 2 nitrogen and oxygen atoms in total. The van der Waals surface area contributed by atoms with Gasteiger partial charge in [-0.15, -0.1) is 0 Å². The SMILES string of the molecule is Cc1ccccc1OCC1CCN(CCc2cccc(F)c2)CC1. The zero-order valence-electron chi connectivity index (χ0n) is 14.4. The highest BCUT2D eigenvalue weighted by molar-refractivity contribution is 5.31. The van der Waals surface area contributed by atoms with E-state index in [9.17, 15) is 4.39 Å². The summed E-state index contributed by atoms with van der Waals surface area (Å²) in [6.07, 6.45) is 3.27. The standard InChI is InChI=1S/C21H26FNO/c1-17-5-2-3-8-21(17)24-16-19-10-13-23(14-11-19)12-9-18-6-4-7-20(22)15-18/h2-8,15,19H,9-14,16H2,1H3. The molecule has 1 aliphatic heterocycles. The van der Waals surface area contributed by atoms with Crippen LogP contribution in [-0.2, 0) is 6.42 Å². The number of ether oxygens (including phenoxy) is 1. The van der Waals surface area contributed by atoms with Crippen molar-refractivity contribution in [3.05, 3.63) is 65.5 Å². The van der Waals surface area contributed by atoms with Gasteiger partial charge in [0.2, 0.25) is 0 Å². The van der Waals surface area contributed by atoms with E-state index >= 15 is 0 Å². The summed E-state index contributed by atoms with van der Waals surface area (Å²) in [5, 5.41) is 0. The lowest BCUT2D eigenvalue weighted by molar-refractivity contribution is 0.142. The highest BCUT2D eigenvalue weighted by Crippen LogP contribution is 2.21. The Kier molecular flexibility index (Phi) is 5.86. The third kappa shape index (κ3) is 4.81. The van der Waals surface area contributed by atoms with Gasteiger partial charge >= 0.3 is 0 Å². The Hall–Kier alpha value is -1.87. The molecule has 1 fully saturated rings. The maximum Gasteiger partial charge on any atom is 0.123 e. The molecule has 2 aromatic carbocycles. The summed E-state index contributed by atoms with van der Waals surface area (Å²) in [6.45, 7) is 6.12. The summed E-state index contributed by atoms with van der Waals surface area (Å²) in [6, 6.07) is 15.1. The molecule has 0 radical (unpaired) electrons. The predicted octanol–water partition coefficient (Wildman–Crippen LogP) is 4.47. The fourth-order valence-corrected chi connectivity index (χ4v) is 3.28. The van der Waals surface area contributed by atoms with Crippen LogP contribution >= 0.6 is 0 Å². The van der Waals surface area contributed by atoms with Gasteiger partial charge in [-0.05, 0) is 74.5 Å². The van der Waals surface area contributed by atoms with Crippen LogP contribution in [0.2, 0.25) is 0 Å². The molecule has 0 atom stereocenters. The molecule has 1 aliphatic rings. The minimum atomic E-state index is -0.139. The fraction of sp³-hybridized carbons (Fsp3) is 0.429. The van der Waals surface area contributed by atoms with Crippen LogP contribution in [0.3, 0.4) is 0 Å². The van der Waals surface area contributed by atoms with Crippen molar-refractivity contribution < 1.29 is 9.13 Å². The van der Waals surface area contributed by atoms with Crippen molar-refractivity contribution in [1.29, 1.82) is 0 Å². The lowest BCUT2D eigenvalue weighted by atomic mass is 9.97. The number of hydrogen-bond acceptors (Lipinski definition) is 2. The molecule has 1 saturated heterocycles. The smallest absolute Gasteiger partial charge is 0.123 e. The maximum absolute atomic E-state index is 13.2. The molecule has 1 heterocycles. The van der Waals surface area contributed by atoms with Gasteiger partial charge in [0.1, 0.15) is 11.6 Å². The van der Waals surface area contributed by atoms with Crippen molar-refractivity contribution in [2.45, 2.75) is 26.2 Å². The Morgan fingerprint density at radius 3 is 2.62 bits per heavy atom. The minimum Gasteiger partial charge on any atom is -0.493 e. The number of rotatable bonds is 6. The lowest BCUT2D eigenvalue weighted by Crippen LogP contribution is -2.36. The molecule has 0 saturated carbocycles. The van der Waals surface area contributed by atoms with E-state index in [2.05, 4.69) is 17.9 Å². The topological polar surface area (TPSA) is 12.5 Å². The Morgan fingerprint density at radius 2 is 1.88 bits per heavy atom. The number of para-hydroxylation sites is 1. The average Bonchev–Trinajstić information content (AvgIpc) is 2.60. The van der Waals surface area contributed by atoms with Crippen LogP contribution in [0, 0.1) is 18.7 Å². The first kappa shape index (κ1) is 17.0. The first-order valence-corrected chi connectivity index (χ1v) is 8.86. The first-order chi connectivity index (χ1) is 11.7. The summed E-state index contributed by atoms with van der Waals surface area (Å²) in [4.78, 5) is 2.48. The molecule has 0 aromatic heterocycles. The number of nitrogens with zero attached hydrogens (tertiary/aromatic N) is 1. The Labute approximate surface area is 144 Å².